The van der Waals surface area contributed by atoms with Crippen LogP contribution in [0, 0.1) is 0 Å². The van der Waals surface area contributed by atoms with Gasteiger partial charge in [0.05, 0.1) is 20.0 Å². The molecular formula is C20H26N4O3S. The zero-order valence-electron chi connectivity index (χ0n) is 16.3. The SMILES string of the molecule is COc1ccc(CCNC(=O)CSc2cc(N3CCCC3)ncn2)cc1OC. The number of anilines is 1. The molecule has 0 radical (unpaired) electrons. The van der Waals surface area contributed by atoms with E-state index in [1.165, 1.54) is 24.6 Å². The number of hydrogen-bond acceptors (Lipinski definition) is 7. The third-order valence-electron chi connectivity index (χ3n) is 4.59. The largest absolute Gasteiger partial charge is 0.493 e. The van der Waals surface area contributed by atoms with Gasteiger partial charge in [-0.05, 0) is 37.0 Å². The smallest absolute Gasteiger partial charge is 0.230 e. The first-order chi connectivity index (χ1) is 13.7. The fourth-order valence-electron chi connectivity index (χ4n) is 3.10. The molecule has 3 rings (SSSR count). The molecule has 0 atom stereocenters. The van der Waals surface area contributed by atoms with E-state index >= 15 is 0 Å². The molecule has 1 saturated heterocycles. The van der Waals surface area contributed by atoms with E-state index in [2.05, 4.69) is 20.2 Å². The number of aromatic nitrogens is 2. The van der Waals surface area contributed by atoms with Crippen LogP contribution in [0.2, 0.25) is 0 Å². The quantitative estimate of drug-likeness (QED) is 0.510. The van der Waals surface area contributed by atoms with E-state index in [-0.39, 0.29) is 5.91 Å². The van der Waals surface area contributed by atoms with Gasteiger partial charge in [-0.1, -0.05) is 17.8 Å². The van der Waals surface area contributed by atoms with Gasteiger partial charge >= 0.3 is 0 Å². The molecule has 150 valence electrons. The summed E-state index contributed by atoms with van der Waals surface area (Å²) in [6, 6.07) is 7.75. The maximum atomic E-state index is 12.1. The Labute approximate surface area is 169 Å². The summed E-state index contributed by atoms with van der Waals surface area (Å²) in [7, 11) is 3.23. The third kappa shape index (κ3) is 5.51. The van der Waals surface area contributed by atoms with Gasteiger partial charge in [0.2, 0.25) is 5.91 Å². The van der Waals surface area contributed by atoms with Crippen LogP contribution in [0.3, 0.4) is 0 Å². The van der Waals surface area contributed by atoms with E-state index in [4.69, 9.17) is 9.47 Å². The average molecular weight is 403 g/mol. The number of carbonyl (C=O) groups excluding carboxylic acids is 1. The van der Waals surface area contributed by atoms with E-state index < -0.39 is 0 Å². The Morgan fingerprint density at radius 2 is 1.93 bits per heavy atom. The molecule has 1 amide bonds. The van der Waals surface area contributed by atoms with Crippen molar-refractivity contribution in [3.8, 4) is 11.5 Å². The number of ether oxygens (including phenoxy) is 2. The molecule has 28 heavy (non-hydrogen) atoms. The van der Waals surface area contributed by atoms with Crippen molar-refractivity contribution in [2.45, 2.75) is 24.3 Å². The number of hydrogen-bond donors (Lipinski definition) is 1. The fourth-order valence-corrected chi connectivity index (χ4v) is 3.79. The predicted molar refractivity (Wildman–Crippen MR) is 110 cm³/mol. The lowest BCUT2D eigenvalue weighted by molar-refractivity contribution is -0.118. The number of nitrogens with zero attached hydrogens (tertiary/aromatic N) is 3. The second-order valence-electron chi connectivity index (χ2n) is 6.49. The van der Waals surface area contributed by atoms with Gasteiger partial charge in [0.1, 0.15) is 17.2 Å². The zero-order valence-corrected chi connectivity index (χ0v) is 17.1. The van der Waals surface area contributed by atoms with Crippen molar-refractivity contribution in [2.75, 3.05) is 44.5 Å². The van der Waals surface area contributed by atoms with E-state index in [9.17, 15) is 4.79 Å². The van der Waals surface area contributed by atoms with Crippen molar-refractivity contribution in [2.24, 2.45) is 0 Å². The predicted octanol–water partition coefficient (Wildman–Crippen LogP) is 2.55. The molecule has 8 heteroatoms. The minimum Gasteiger partial charge on any atom is -0.493 e. The summed E-state index contributed by atoms with van der Waals surface area (Å²) < 4.78 is 10.5. The summed E-state index contributed by atoms with van der Waals surface area (Å²) in [6.45, 7) is 2.65. The average Bonchev–Trinajstić information content (AvgIpc) is 3.27. The Kier molecular flexibility index (Phi) is 7.36. The van der Waals surface area contributed by atoms with Crippen LogP contribution in [0.15, 0.2) is 35.6 Å². The van der Waals surface area contributed by atoms with Crippen LogP contribution in [0.25, 0.3) is 0 Å². The van der Waals surface area contributed by atoms with Crippen molar-refractivity contribution in [3.63, 3.8) is 0 Å². The lowest BCUT2D eigenvalue weighted by Gasteiger charge is -2.16. The number of methoxy groups -OCH3 is 2. The number of rotatable bonds is 9. The maximum absolute atomic E-state index is 12.1. The Morgan fingerprint density at radius 1 is 1.14 bits per heavy atom. The first kappa shape index (κ1) is 20.3. The van der Waals surface area contributed by atoms with Gasteiger partial charge in [-0.15, -0.1) is 0 Å². The Bertz CT molecular complexity index is 797. The van der Waals surface area contributed by atoms with E-state index in [0.717, 1.165) is 35.9 Å². The third-order valence-corrected chi connectivity index (χ3v) is 5.52. The number of thioether (sulfide) groups is 1. The minimum absolute atomic E-state index is 0.00758. The minimum atomic E-state index is -0.00758. The van der Waals surface area contributed by atoms with Gasteiger partial charge in [0.15, 0.2) is 11.5 Å². The van der Waals surface area contributed by atoms with Crippen LogP contribution in [0.1, 0.15) is 18.4 Å². The molecule has 2 aromatic rings. The molecule has 2 heterocycles. The summed E-state index contributed by atoms with van der Waals surface area (Å²) in [5, 5.41) is 3.78. The Hall–Kier alpha value is -2.48. The summed E-state index contributed by atoms with van der Waals surface area (Å²) in [5.74, 6) is 2.67. The second kappa shape index (κ2) is 10.2. The second-order valence-corrected chi connectivity index (χ2v) is 7.48. The van der Waals surface area contributed by atoms with Gasteiger partial charge in [-0.25, -0.2) is 9.97 Å². The van der Waals surface area contributed by atoms with Crippen LogP contribution in [-0.2, 0) is 11.2 Å². The van der Waals surface area contributed by atoms with Crippen molar-refractivity contribution in [1.82, 2.24) is 15.3 Å². The van der Waals surface area contributed by atoms with Gasteiger partial charge in [-0.2, -0.15) is 0 Å². The van der Waals surface area contributed by atoms with Crippen LogP contribution in [0.4, 0.5) is 5.82 Å². The highest BCUT2D eigenvalue weighted by Crippen LogP contribution is 2.27. The van der Waals surface area contributed by atoms with E-state index in [1.807, 2.05) is 24.3 Å². The van der Waals surface area contributed by atoms with Crippen molar-refractivity contribution >= 4 is 23.5 Å². The zero-order chi connectivity index (χ0) is 19.8. The molecule has 1 aromatic heterocycles. The topological polar surface area (TPSA) is 76.6 Å². The standard InChI is InChI=1S/C20H26N4O3S/c1-26-16-6-5-15(11-17(16)27-2)7-8-21-19(25)13-28-20-12-18(22-14-23-20)24-9-3-4-10-24/h5-6,11-12,14H,3-4,7-10,13H2,1-2H3,(H,21,25). The fraction of sp³-hybridized carbons (Fsp3) is 0.450. The molecule has 1 aliphatic heterocycles. The Morgan fingerprint density at radius 3 is 2.68 bits per heavy atom. The van der Waals surface area contributed by atoms with E-state index in [1.54, 1.807) is 20.5 Å². The number of nitrogens with one attached hydrogen (secondary N) is 1. The molecule has 1 aromatic carbocycles. The van der Waals surface area contributed by atoms with Gasteiger partial charge in [0, 0.05) is 25.7 Å². The summed E-state index contributed by atoms with van der Waals surface area (Å²) in [5.41, 5.74) is 1.08. The monoisotopic (exact) mass is 402 g/mol. The number of carbonyl (C=O) groups is 1. The van der Waals surface area contributed by atoms with Crippen molar-refractivity contribution < 1.29 is 14.3 Å². The summed E-state index contributed by atoms with van der Waals surface area (Å²) in [6.07, 6.45) is 4.71. The maximum Gasteiger partial charge on any atom is 0.230 e. The molecular weight excluding hydrogens is 376 g/mol. The Balaban J connectivity index is 1.43. The van der Waals surface area contributed by atoms with Crippen LogP contribution in [-0.4, -0.2) is 55.5 Å². The first-order valence-corrected chi connectivity index (χ1v) is 10.4. The van der Waals surface area contributed by atoms with Gasteiger partial charge in [-0.3, -0.25) is 4.79 Å². The molecule has 0 unspecified atom stereocenters. The number of benzene rings is 1. The molecule has 7 nitrogen and oxygen atoms in total. The van der Waals surface area contributed by atoms with Crippen molar-refractivity contribution in [3.05, 3.63) is 36.2 Å². The highest BCUT2D eigenvalue weighted by Gasteiger charge is 2.14. The lowest BCUT2D eigenvalue weighted by Crippen LogP contribution is -2.27. The van der Waals surface area contributed by atoms with Crippen LogP contribution >= 0.6 is 11.8 Å². The normalized spacial score (nSPS) is 13.4. The number of amides is 1. The summed E-state index contributed by atoms with van der Waals surface area (Å²) in [4.78, 5) is 23.0. The van der Waals surface area contributed by atoms with Crippen LogP contribution < -0.4 is 19.7 Å². The molecule has 0 spiro atoms. The highest BCUT2D eigenvalue weighted by molar-refractivity contribution is 7.99. The molecule has 0 saturated carbocycles. The molecule has 1 N–H and O–H groups in total. The highest BCUT2D eigenvalue weighted by atomic mass is 32.2. The van der Waals surface area contributed by atoms with Gasteiger partial charge in [0.25, 0.3) is 0 Å². The molecule has 1 fully saturated rings. The van der Waals surface area contributed by atoms with Gasteiger partial charge < -0.3 is 19.7 Å². The summed E-state index contributed by atoms with van der Waals surface area (Å²) >= 11 is 1.43. The lowest BCUT2D eigenvalue weighted by atomic mass is 10.1. The van der Waals surface area contributed by atoms with Crippen LogP contribution in [0.5, 0.6) is 11.5 Å². The first-order valence-electron chi connectivity index (χ1n) is 9.37. The van der Waals surface area contributed by atoms with E-state index in [0.29, 0.717) is 23.8 Å². The molecule has 1 aliphatic rings. The molecule has 0 bridgehead atoms. The van der Waals surface area contributed by atoms with Crippen molar-refractivity contribution in [1.29, 1.82) is 0 Å². The molecule has 0 aliphatic carbocycles.